The Kier molecular flexibility index (Phi) is 5.52. The van der Waals surface area contributed by atoms with Crippen LogP contribution < -0.4 is 20.7 Å². The Morgan fingerprint density at radius 1 is 1.29 bits per heavy atom. The van der Waals surface area contributed by atoms with Crippen LogP contribution in [0.5, 0.6) is 0 Å². The summed E-state index contributed by atoms with van der Waals surface area (Å²) in [5.41, 5.74) is 6.39. The minimum atomic E-state index is -1.88. The maximum atomic E-state index is 12.8. The first-order valence-corrected chi connectivity index (χ1v) is 8.41. The predicted octanol–water partition coefficient (Wildman–Crippen LogP) is 0.885. The number of nitrogens with two attached hydrogens (primary N) is 1. The van der Waals surface area contributed by atoms with Gasteiger partial charge in [-0.25, -0.2) is 9.78 Å². The SMILES string of the molecule is CN(C)c1ccc(C#Cc2cc[n+]3c(=O)n(CC(CN)=C(F)F)[nH]c3c2)cn1. The van der Waals surface area contributed by atoms with Gasteiger partial charge >= 0.3 is 5.69 Å². The van der Waals surface area contributed by atoms with Crippen molar-refractivity contribution in [1.29, 1.82) is 0 Å². The van der Waals surface area contributed by atoms with Gasteiger partial charge in [0.25, 0.3) is 11.7 Å². The minimum absolute atomic E-state index is 0.301. The molecule has 9 heteroatoms. The van der Waals surface area contributed by atoms with Crippen LogP contribution in [0.4, 0.5) is 14.6 Å². The molecule has 0 radical (unpaired) electrons. The molecule has 3 N–H and O–H groups in total. The van der Waals surface area contributed by atoms with Crippen molar-refractivity contribution in [3.8, 4) is 11.8 Å². The number of hydrogen-bond donors (Lipinski definition) is 2. The van der Waals surface area contributed by atoms with Crippen molar-refractivity contribution in [2.24, 2.45) is 5.73 Å². The molecular formula is C19H19F2N6O+. The Morgan fingerprint density at radius 3 is 2.64 bits per heavy atom. The predicted molar refractivity (Wildman–Crippen MR) is 101 cm³/mol. The van der Waals surface area contributed by atoms with Gasteiger partial charge in [0.05, 0.1) is 6.20 Å². The summed E-state index contributed by atoms with van der Waals surface area (Å²) < 4.78 is 28.0. The standard InChI is InChI=1S/C19H18F2N6O/c1-25(2)16-6-5-14(11-23-16)4-3-13-7-8-26-17(9-13)24-27(19(26)28)12-15(10-22)18(20)21/h5-9,11H,10,12,22H2,1-2H3/p+1. The summed E-state index contributed by atoms with van der Waals surface area (Å²) in [6.45, 7) is -0.629. The third-order valence-corrected chi connectivity index (χ3v) is 4.06. The largest absolute Gasteiger partial charge is 0.476 e. The minimum Gasteiger partial charge on any atom is -0.363 e. The smallest absolute Gasteiger partial charge is 0.363 e. The van der Waals surface area contributed by atoms with E-state index in [1.807, 2.05) is 31.1 Å². The molecule has 3 aromatic rings. The molecule has 28 heavy (non-hydrogen) atoms. The number of halogens is 2. The lowest BCUT2D eigenvalue weighted by molar-refractivity contribution is -0.530. The van der Waals surface area contributed by atoms with E-state index in [2.05, 4.69) is 21.9 Å². The van der Waals surface area contributed by atoms with Gasteiger partial charge in [-0.1, -0.05) is 11.8 Å². The zero-order valence-electron chi connectivity index (χ0n) is 15.4. The van der Waals surface area contributed by atoms with Crippen LogP contribution in [-0.4, -0.2) is 35.4 Å². The number of pyridine rings is 2. The molecule has 0 spiro atoms. The highest BCUT2D eigenvalue weighted by Crippen LogP contribution is 2.08. The first-order valence-electron chi connectivity index (χ1n) is 8.41. The second-order valence-corrected chi connectivity index (χ2v) is 6.27. The zero-order chi connectivity index (χ0) is 20.3. The molecule has 0 saturated heterocycles. The first kappa shape index (κ1) is 19.3. The topological polar surface area (TPSA) is 84.0 Å². The zero-order valence-corrected chi connectivity index (χ0v) is 15.4. The van der Waals surface area contributed by atoms with Crippen LogP contribution in [0.15, 0.2) is 53.1 Å². The third-order valence-electron chi connectivity index (χ3n) is 4.06. The molecule has 0 unspecified atom stereocenters. The van der Waals surface area contributed by atoms with Crippen molar-refractivity contribution in [2.75, 3.05) is 25.5 Å². The monoisotopic (exact) mass is 385 g/mol. The average molecular weight is 385 g/mol. The lowest BCUT2D eigenvalue weighted by Gasteiger charge is -2.09. The highest BCUT2D eigenvalue weighted by atomic mass is 19.3. The van der Waals surface area contributed by atoms with E-state index in [-0.39, 0.29) is 18.7 Å². The number of H-pyrrole nitrogens is 1. The molecule has 0 bridgehead atoms. The molecule has 0 amide bonds. The molecule has 0 aliphatic heterocycles. The van der Waals surface area contributed by atoms with E-state index in [9.17, 15) is 13.6 Å². The summed E-state index contributed by atoms with van der Waals surface area (Å²) in [7, 11) is 3.81. The Hall–Kier alpha value is -3.51. The van der Waals surface area contributed by atoms with E-state index in [0.29, 0.717) is 11.2 Å². The molecule has 0 aliphatic carbocycles. The number of aromatic amines is 1. The summed E-state index contributed by atoms with van der Waals surface area (Å²) in [5.74, 6) is 6.84. The van der Waals surface area contributed by atoms with E-state index in [0.717, 1.165) is 16.1 Å². The number of nitrogens with one attached hydrogen (secondary N) is 1. The van der Waals surface area contributed by atoms with Gasteiger partial charge in [-0.05, 0) is 18.2 Å². The molecule has 3 aromatic heterocycles. The number of nitrogens with zero attached hydrogens (tertiary/aromatic N) is 4. The van der Waals surface area contributed by atoms with Gasteiger partial charge in [0.15, 0.2) is 0 Å². The normalized spacial score (nSPS) is 10.5. The molecule has 7 nitrogen and oxygen atoms in total. The first-order chi connectivity index (χ1) is 13.4. The third kappa shape index (κ3) is 4.07. The van der Waals surface area contributed by atoms with Gasteiger partial charge in [0, 0.05) is 49.6 Å². The lowest BCUT2D eigenvalue weighted by Crippen LogP contribution is -2.41. The van der Waals surface area contributed by atoms with Crippen molar-refractivity contribution in [1.82, 2.24) is 14.8 Å². The van der Waals surface area contributed by atoms with E-state index in [1.165, 1.54) is 4.40 Å². The van der Waals surface area contributed by atoms with Crippen LogP contribution in [0.3, 0.4) is 0 Å². The Morgan fingerprint density at radius 2 is 2.04 bits per heavy atom. The van der Waals surface area contributed by atoms with Crippen LogP contribution in [0.2, 0.25) is 0 Å². The number of fused-ring (bicyclic) bond motifs is 1. The van der Waals surface area contributed by atoms with Crippen molar-refractivity contribution in [3.05, 3.63) is 69.9 Å². The molecule has 0 aromatic carbocycles. The number of aromatic nitrogens is 4. The van der Waals surface area contributed by atoms with Crippen LogP contribution in [0.1, 0.15) is 11.1 Å². The van der Waals surface area contributed by atoms with Crippen molar-refractivity contribution >= 4 is 11.5 Å². The Balaban J connectivity index is 1.89. The quantitative estimate of drug-likeness (QED) is 0.516. The van der Waals surface area contributed by atoms with Gasteiger partial charge < -0.3 is 10.6 Å². The highest BCUT2D eigenvalue weighted by Gasteiger charge is 2.17. The Bertz CT molecular complexity index is 1150. The van der Waals surface area contributed by atoms with Crippen LogP contribution in [0.25, 0.3) is 5.65 Å². The van der Waals surface area contributed by atoms with Crippen LogP contribution in [0, 0.1) is 11.8 Å². The summed E-state index contributed by atoms with van der Waals surface area (Å²) in [6.07, 6.45) is 1.35. The number of rotatable bonds is 4. The van der Waals surface area contributed by atoms with Crippen LogP contribution in [-0.2, 0) is 6.54 Å². The van der Waals surface area contributed by atoms with E-state index in [4.69, 9.17) is 5.73 Å². The second-order valence-electron chi connectivity index (χ2n) is 6.27. The van der Waals surface area contributed by atoms with E-state index < -0.39 is 11.8 Å². The number of hydrogen-bond acceptors (Lipinski definition) is 4. The maximum absolute atomic E-state index is 12.8. The Labute approximate surface area is 159 Å². The summed E-state index contributed by atoms with van der Waals surface area (Å²) in [4.78, 5) is 18.5. The molecule has 3 heterocycles. The second kappa shape index (κ2) is 8.02. The van der Waals surface area contributed by atoms with Gasteiger partial charge in [0.2, 0.25) is 0 Å². The molecule has 3 rings (SSSR count). The lowest BCUT2D eigenvalue weighted by atomic mass is 10.2. The molecule has 0 aliphatic rings. The molecule has 0 atom stereocenters. The fourth-order valence-electron chi connectivity index (χ4n) is 2.52. The summed E-state index contributed by atoms with van der Waals surface area (Å²) in [6, 6.07) is 7.08. The fraction of sp³-hybridized carbons (Fsp3) is 0.211. The van der Waals surface area contributed by atoms with Gasteiger partial charge in [-0.2, -0.15) is 18.3 Å². The van der Waals surface area contributed by atoms with Gasteiger partial charge in [-0.3, -0.25) is 0 Å². The highest BCUT2D eigenvalue weighted by molar-refractivity contribution is 5.47. The van der Waals surface area contributed by atoms with Crippen molar-refractivity contribution < 1.29 is 13.2 Å². The summed E-state index contributed by atoms with van der Waals surface area (Å²) in [5, 5.41) is 2.80. The maximum Gasteiger partial charge on any atom is 0.476 e. The molecule has 144 valence electrons. The average Bonchev–Trinajstić information content (AvgIpc) is 2.99. The molecular weight excluding hydrogens is 366 g/mol. The van der Waals surface area contributed by atoms with Crippen molar-refractivity contribution in [3.63, 3.8) is 0 Å². The van der Waals surface area contributed by atoms with Gasteiger partial charge in [-0.15, -0.1) is 4.68 Å². The van der Waals surface area contributed by atoms with E-state index in [1.54, 1.807) is 24.5 Å². The fourth-order valence-corrected chi connectivity index (χ4v) is 2.52. The summed E-state index contributed by atoms with van der Waals surface area (Å²) >= 11 is 0. The number of anilines is 1. The van der Waals surface area contributed by atoms with E-state index >= 15 is 0 Å². The van der Waals surface area contributed by atoms with Crippen molar-refractivity contribution in [2.45, 2.75) is 6.54 Å². The molecule has 0 fully saturated rings. The van der Waals surface area contributed by atoms with Gasteiger partial charge in [0.1, 0.15) is 12.4 Å². The van der Waals surface area contributed by atoms with Crippen LogP contribution >= 0.6 is 0 Å². The molecule has 0 saturated carbocycles.